The van der Waals surface area contributed by atoms with Crippen molar-refractivity contribution in [3.8, 4) is 0 Å². The largest absolute Gasteiger partial charge is 0.446 e. The molecule has 1 rings (SSSR count). The molecule has 0 aliphatic heterocycles. The Bertz CT molecular complexity index is 174. The average molecular weight is 142 g/mol. The van der Waals surface area contributed by atoms with Crippen LogP contribution in [0.5, 0.6) is 0 Å². The van der Waals surface area contributed by atoms with Crippen molar-refractivity contribution >= 4 is 0 Å². The molecule has 0 saturated carbocycles. The van der Waals surface area contributed by atoms with Gasteiger partial charge in [-0.15, -0.1) is 0 Å². The Kier molecular flexibility index (Phi) is 2.42. The van der Waals surface area contributed by atoms with E-state index in [4.69, 9.17) is 10.2 Å². The molecular weight excluding hydrogens is 132 g/mol. The highest BCUT2D eigenvalue weighted by atomic mass is 16.4. The molecule has 0 fully saturated rings. The molecule has 0 radical (unpaired) electrons. The van der Waals surface area contributed by atoms with E-state index in [0.717, 1.165) is 0 Å². The van der Waals surface area contributed by atoms with E-state index >= 15 is 0 Å². The highest BCUT2D eigenvalue weighted by Gasteiger charge is 2.08. The van der Waals surface area contributed by atoms with Gasteiger partial charge in [0.15, 0.2) is 12.2 Å². The van der Waals surface area contributed by atoms with Gasteiger partial charge >= 0.3 is 0 Å². The van der Waals surface area contributed by atoms with E-state index in [1.54, 1.807) is 0 Å². The van der Waals surface area contributed by atoms with Gasteiger partial charge in [-0.3, -0.25) is 0 Å². The van der Waals surface area contributed by atoms with Crippen LogP contribution in [0.3, 0.4) is 0 Å². The minimum atomic E-state index is -0.604. The minimum Gasteiger partial charge on any atom is -0.446 e. The van der Waals surface area contributed by atoms with Gasteiger partial charge in [0.25, 0.3) is 0 Å². The van der Waals surface area contributed by atoms with E-state index in [9.17, 15) is 5.11 Å². The number of aliphatic hydroxyl groups excluding tert-OH is 1. The first kappa shape index (κ1) is 7.24. The number of aromatic nitrogens is 1. The van der Waals surface area contributed by atoms with Crippen molar-refractivity contribution in [2.24, 2.45) is 5.73 Å². The van der Waals surface area contributed by atoms with Crippen molar-refractivity contribution in [3.63, 3.8) is 0 Å². The van der Waals surface area contributed by atoms with Crippen LogP contribution in [0.15, 0.2) is 17.0 Å². The van der Waals surface area contributed by atoms with Gasteiger partial charge in [0.05, 0.1) is 6.20 Å². The molecule has 0 spiro atoms. The van der Waals surface area contributed by atoms with Crippen molar-refractivity contribution in [2.45, 2.75) is 12.5 Å². The summed E-state index contributed by atoms with van der Waals surface area (Å²) in [4.78, 5) is 3.66. The molecule has 1 atom stereocenters. The first-order valence-corrected chi connectivity index (χ1v) is 3.11. The van der Waals surface area contributed by atoms with Gasteiger partial charge in [0.1, 0.15) is 6.10 Å². The van der Waals surface area contributed by atoms with Gasteiger partial charge in [-0.1, -0.05) is 0 Å². The van der Waals surface area contributed by atoms with E-state index in [0.29, 0.717) is 18.7 Å². The van der Waals surface area contributed by atoms with Crippen molar-refractivity contribution in [1.82, 2.24) is 4.98 Å². The summed E-state index contributed by atoms with van der Waals surface area (Å²) in [5, 5.41) is 9.20. The molecule has 1 heterocycles. The number of aliphatic hydroxyl groups is 1. The molecule has 0 aliphatic carbocycles. The number of nitrogens with two attached hydrogens (primary N) is 1. The van der Waals surface area contributed by atoms with Crippen LogP contribution < -0.4 is 5.73 Å². The molecule has 1 aromatic heterocycles. The van der Waals surface area contributed by atoms with Gasteiger partial charge < -0.3 is 15.3 Å². The zero-order valence-corrected chi connectivity index (χ0v) is 5.53. The number of rotatable bonds is 3. The second-order valence-corrected chi connectivity index (χ2v) is 2.00. The first-order valence-electron chi connectivity index (χ1n) is 3.11. The summed E-state index contributed by atoms with van der Waals surface area (Å²) in [6.45, 7) is 0.446. The minimum absolute atomic E-state index is 0.446. The van der Waals surface area contributed by atoms with Crippen molar-refractivity contribution in [3.05, 3.63) is 18.4 Å². The standard InChI is InChI=1S/C6H10N2O2/c7-2-1-5(9)6-3-8-4-10-6/h3-5,9H,1-2,7H2. The van der Waals surface area contributed by atoms with E-state index in [-0.39, 0.29) is 0 Å². The molecule has 0 bridgehead atoms. The van der Waals surface area contributed by atoms with Gasteiger partial charge in [0.2, 0.25) is 0 Å². The maximum atomic E-state index is 9.20. The molecule has 0 amide bonds. The van der Waals surface area contributed by atoms with Crippen LogP contribution in [0.2, 0.25) is 0 Å². The Morgan fingerprint density at radius 1 is 1.80 bits per heavy atom. The Morgan fingerprint density at radius 2 is 2.60 bits per heavy atom. The molecule has 1 aromatic rings. The van der Waals surface area contributed by atoms with Crippen LogP contribution in [0.1, 0.15) is 18.3 Å². The quantitative estimate of drug-likeness (QED) is 0.625. The molecule has 1 unspecified atom stereocenters. The molecule has 4 heteroatoms. The normalized spacial score (nSPS) is 13.4. The third kappa shape index (κ3) is 1.55. The van der Waals surface area contributed by atoms with Crippen LogP contribution >= 0.6 is 0 Å². The lowest BCUT2D eigenvalue weighted by molar-refractivity contribution is 0.143. The Hall–Kier alpha value is -0.870. The smallest absolute Gasteiger partial charge is 0.180 e. The second kappa shape index (κ2) is 3.34. The monoisotopic (exact) mass is 142 g/mol. The summed E-state index contributed by atoms with van der Waals surface area (Å²) >= 11 is 0. The highest BCUT2D eigenvalue weighted by Crippen LogP contribution is 2.13. The van der Waals surface area contributed by atoms with E-state index in [2.05, 4.69) is 4.98 Å². The maximum Gasteiger partial charge on any atom is 0.180 e. The zero-order valence-electron chi connectivity index (χ0n) is 5.53. The van der Waals surface area contributed by atoms with Crippen LogP contribution in [-0.2, 0) is 0 Å². The van der Waals surface area contributed by atoms with Gasteiger partial charge in [0, 0.05) is 0 Å². The molecule has 0 saturated heterocycles. The van der Waals surface area contributed by atoms with Crippen molar-refractivity contribution in [1.29, 1.82) is 0 Å². The lowest BCUT2D eigenvalue weighted by Gasteiger charge is -2.02. The van der Waals surface area contributed by atoms with Gasteiger partial charge in [-0.25, -0.2) is 4.98 Å². The summed E-state index contributed by atoms with van der Waals surface area (Å²) in [6, 6.07) is 0. The first-order chi connectivity index (χ1) is 4.84. The van der Waals surface area contributed by atoms with E-state index in [1.165, 1.54) is 12.6 Å². The predicted molar refractivity (Wildman–Crippen MR) is 35.1 cm³/mol. The summed E-state index contributed by atoms with van der Waals surface area (Å²) in [5.74, 6) is 0.477. The van der Waals surface area contributed by atoms with Crippen molar-refractivity contribution < 1.29 is 9.52 Å². The van der Waals surface area contributed by atoms with Crippen LogP contribution in [0.4, 0.5) is 0 Å². The number of nitrogens with zero attached hydrogens (tertiary/aromatic N) is 1. The highest BCUT2D eigenvalue weighted by molar-refractivity contribution is 4.93. The lowest BCUT2D eigenvalue weighted by Crippen LogP contribution is -2.05. The maximum absolute atomic E-state index is 9.20. The molecule has 4 nitrogen and oxygen atoms in total. The van der Waals surface area contributed by atoms with Crippen LogP contribution in [-0.4, -0.2) is 16.6 Å². The van der Waals surface area contributed by atoms with Gasteiger partial charge in [-0.05, 0) is 13.0 Å². The van der Waals surface area contributed by atoms with Crippen LogP contribution in [0.25, 0.3) is 0 Å². The fourth-order valence-corrected chi connectivity index (χ4v) is 0.690. The van der Waals surface area contributed by atoms with E-state index < -0.39 is 6.10 Å². The summed E-state index contributed by atoms with van der Waals surface area (Å²) in [5.41, 5.74) is 5.21. The number of hydrogen-bond donors (Lipinski definition) is 2. The second-order valence-electron chi connectivity index (χ2n) is 2.00. The SMILES string of the molecule is NCCC(O)c1cnco1. The Balaban J connectivity index is 2.50. The number of hydrogen-bond acceptors (Lipinski definition) is 4. The predicted octanol–water partition coefficient (Wildman–Crippen LogP) is 0.0568. The fourth-order valence-electron chi connectivity index (χ4n) is 0.690. The molecule has 0 aromatic carbocycles. The molecule has 10 heavy (non-hydrogen) atoms. The summed E-state index contributed by atoms with van der Waals surface area (Å²) < 4.78 is 4.83. The van der Waals surface area contributed by atoms with Crippen molar-refractivity contribution in [2.75, 3.05) is 6.54 Å². The van der Waals surface area contributed by atoms with Crippen LogP contribution in [0, 0.1) is 0 Å². The van der Waals surface area contributed by atoms with E-state index in [1.807, 2.05) is 0 Å². The average Bonchev–Trinajstić information content (AvgIpc) is 2.38. The molecule has 3 N–H and O–H groups in total. The lowest BCUT2D eigenvalue weighted by atomic mass is 10.2. The number of oxazole rings is 1. The Labute approximate surface area is 58.7 Å². The Morgan fingerprint density at radius 3 is 3.10 bits per heavy atom. The molecular formula is C6H10N2O2. The van der Waals surface area contributed by atoms with Gasteiger partial charge in [-0.2, -0.15) is 0 Å². The zero-order chi connectivity index (χ0) is 7.40. The molecule has 0 aliphatic rings. The third-order valence-corrected chi connectivity index (χ3v) is 1.22. The third-order valence-electron chi connectivity index (χ3n) is 1.22. The topological polar surface area (TPSA) is 72.3 Å². The molecule has 56 valence electrons. The summed E-state index contributed by atoms with van der Waals surface area (Å²) in [6.07, 6.45) is 2.68. The fraction of sp³-hybridized carbons (Fsp3) is 0.500. The summed E-state index contributed by atoms with van der Waals surface area (Å²) in [7, 11) is 0.